The molecule has 3 unspecified atom stereocenters. The molecule has 0 spiro atoms. The maximum absolute atomic E-state index is 10.2. The van der Waals surface area contributed by atoms with Gasteiger partial charge >= 0.3 is 0 Å². The highest BCUT2D eigenvalue weighted by Crippen LogP contribution is 2.36. The standard InChI is InChI=1S/C16H32N2O/c1-2-16(19,13-17)9-5-10-18-11-8-14-6-3-4-7-15(14)12-18/h14-15,19H,2-13,17H2,1H3. The molecule has 1 saturated carbocycles. The second kappa shape index (κ2) is 7.05. The van der Waals surface area contributed by atoms with E-state index in [1.807, 2.05) is 6.92 Å². The molecule has 1 saturated heterocycles. The third kappa shape index (κ3) is 4.17. The minimum atomic E-state index is -0.622. The normalized spacial score (nSPS) is 31.7. The summed E-state index contributed by atoms with van der Waals surface area (Å²) in [5, 5.41) is 10.2. The largest absolute Gasteiger partial charge is 0.389 e. The molecule has 2 rings (SSSR count). The zero-order valence-electron chi connectivity index (χ0n) is 12.6. The maximum atomic E-state index is 10.2. The van der Waals surface area contributed by atoms with E-state index in [-0.39, 0.29) is 0 Å². The summed E-state index contributed by atoms with van der Waals surface area (Å²) in [7, 11) is 0. The van der Waals surface area contributed by atoms with Gasteiger partial charge in [0.1, 0.15) is 0 Å². The van der Waals surface area contributed by atoms with E-state index in [4.69, 9.17) is 5.73 Å². The van der Waals surface area contributed by atoms with Crippen LogP contribution in [0, 0.1) is 11.8 Å². The molecular weight excluding hydrogens is 236 g/mol. The van der Waals surface area contributed by atoms with Gasteiger partial charge in [-0.25, -0.2) is 0 Å². The molecule has 1 aliphatic carbocycles. The van der Waals surface area contributed by atoms with Gasteiger partial charge in [0.05, 0.1) is 5.60 Å². The number of piperidine rings is 1. The first-order valence-electron chi connectivity index (χ1n) is 8.31. The SMILES string of the molecule is CCC(O)(CN)CCCN1CCC2CCCCC2C1. The Bertz CT molecular complexity index is 265. The first-order chi connectivity index (χ1) is 9.17. The van der Waals surface area contributed by atoms with Crippen LogP contribution >= 0.6 is 0 Å². The van der Waals surface area contributed by atoms with Gasteiger partial charge in [0.25, 0.3) is 0 Å². The molecule has 3 N–H and O–H groups in total. The number of hydrogen-bond donors (Lipinski definition) is 2. The summed E-state index contributed by atoms with van der Waals surface area (Å²) in [4.78, 5) is 2.62. The van der Waals surface area contributed by atoms with Crippen molar-refractivity contribution >= 4 is 0 Å². The van der Waals surface area contributed by atoms with E-state index in [0.717, 1.165) is 37.6 Å². The Balaban J connectivity index is 1.69. The van der Waals surface area contributed by atoms with Crippen LogP contribution in [0.5, 0.6) is 0 Å². The molecule has 0 aromatic carbocycles. The molecule has 0 radical (unpaired) electrons. The predicted octanol–water partition coefficient (Wildman–Crippen LogP) is 2.38. The number of likely N-dealkylation sites (tertiary alicyclic amines) is 1. The smallest absolute Gasteiger partial charge is 0.0767 e. The topological polar surface area (TPSA) is 49.5 Å². The summed E-state index contributed by atoms with van der Waals surface area (Å²) in [5.41, 5.74) is 5.04. The Morgan fingerprint density at radius 1 is 1.21 bits per heavy atom. The van der Waals surface area contributed by atoms with Crippen LogP contribution in [0.3, 0.4) is 0 Å². The minimum absolute atomic E-state index is 0.397. The van der Waals surface area contributed by atoms with Gasteiger partial charge in [-0.2, -0.15) is 0 Å². The molecular formula is C16H32N2O. The van der Waals surface area contributed by atoms with Crippen LogP contribution in [0.1, 0.15) is 58.3 Å². The van der Waals surface area contributed by atoms with E-state index in [9.17, 15) is 5.11 Å². The van der Waals surface area contributed by atoms with Crippen LogP contribution in [0.25, 0.3) is 0 Å². The number of rotatable bonds is 6. The van der Waals surface area contributed by atoms with Gasteiger partial charge in [-0.1, -0.05) is 26.2 Å². The second-order valence-corrected chi connectivity index (χ2v) is 6.78. The molecule has 0 amide bonds. The van der Waals surface area contributed by atoms with Crippen molar-refractivity contribution in [1.29, 1.82) is 0 Å². The summed E-state index contributed by atoms with van der Waals surface area (Å²) in [6.07, 6.45) is 9.93. The summed E-state index contributed by atoms with van der Waals surface area (Å²) in [5.74, 6) is 1.98. The van der Waals surface area contributed by atoms with E-state index in [0.29, 0.717) is 6.54 Å². The number of nitrogens with two attached hydrogens (primary N) is 1. The third-order valence-electron chi connectivity index (χ3n) is 5.53. The average molecular weight is 268 g/mol. The molecule has 0 aromatic rings. The quantitative estimate of drug-likeness (QED) is 0.777. The van der Waals surface area contributed by atoms with Gasteiger partial charge in [-0.3, -0.25) is 0 Å². The first-order valence-corrected chi connectivity index (χ1v) is 8.31. The fraction of sp³-hybridized carbons (Fsp3) is 1.00. The Morgan fingerprint density at radius 3 is 2.63 bits per heavy atom. The van der Waals surface area contributed by atoms with Crippen molar-refractivity contribution in [2.24, 2.45) is 17.6 Å². The van der Waals surface area contributed by atoms with Gasteiger partial charge < -0.3 is 15.7 Å². The highest BCUT2D eigenvalue weighted by Gasteiger charge is 2.31. The van der Waals surface area contributed by atoms with Crippen LogP contribution in [0.4, 0.5) is 0 Å². The molecule has 0 bridgehead atoms. The van der Waals surface area contributed by atoms with Gasteiger partial charge in [-0.15, -0.1) is 0 Å². The van der Waals surface area contributed by atoms with Crippen LogP contribution in [-0.4, -0.2) is 41.8 Å². The zero-order valence-corrected chi connectivity index (χ0v) is 12.6. The molecule has 1 aliphatic heterocycles. The average Bonchev–Trinajstić information content (AvgIpc) is 2.47. The van der Waals surface area contributed by atoms with Gasteiger partial charge in [0.2, 0.25) is 0 Å². The number of hydrogen-bond acceptors (Lipinski definition) is 3. The number of aliphatic hydroxyl groups is 1. The van der Waals surface area contributed by atoms with Crippen molar-refractivity contribution in [3.8, 4) is 0 Å². The second-order valence-electron chi connectivity index (χ2n) is 6.78. The molecule has 3 heteroatoms. The van der Waals surface area contributed by atoms with E-state index in [1.165, 1.54) is 45.2 Å². The van der Waals surface area contributed by atoms with Crippen molar-refractivity contribution in [1.82, 2.24) is 4.90 Å². The first kappa shape index (κ1) is 15.3. The Labute approximate surface area is 118 Å². The van der Waals surface area contributed by atoms with Crippen molar-refractivity contribution in [2.45, 2.75) is 63.9 Å². The van der Waals surface area contributed by atoms with Crippen molar-refractivity contribution in [3.05, 3.63) is 0 Å². The van der Waals surface area contributed by atoms with Crippen molar-refractivity contribution < 1.29 is 5.11 Å². The number of fused-ring (bicyclic) bond motifs is 1. The van der Waals surface area contributed by atoms with E-state index in [2.05, 4.69) is 4.90 Å². The molecule has 1 heterocycles. The molecule has 2 fully saturated rings. The lowest BCUT2D eigenvalue weighted by Crippen LogP contribution is -2.43. The van der Waals surface area contributed by atoms with E-state index < -0.39 is 5.60 Å². The van der Waals surface area contributed by atoms with E-state index in [1.54, 1.807) is 0 Å². The highest BCUT2D eigenvalue weighted by molar-refractivity contribution is 4.84. The van der Waals surface area contributed by atoms with Gasteiger partial charge in [-0.05, 0) is 57.0 Å². The maximum Gasteiger partial charge on any atom is 0.0767 e. The molecule has 3 nitrogen and oxygen atoms in total. The van der Waals surface area contributed by atoms with Crippen molar-refractivity contribution in [2.75, 3.05) is 26.2 Å². The van der Waals surface area contributed by atoms with Crippen LogP contribution in [0.15, 0.2) is 0 Å². The van der Waals surface area contributed by atoms with Crippen LogP contribution in [-0.2, 0) is 0 Å². The molecule has 0 aromatic heterocycles. The van der Waals surface area contributed by atoms with Gasteiger partial charge in [0.15, 0.2) is 0 Å². The molecule has 2 aliphatic rings. The zero-order chi connectivity index (χ0) is 13.7. The third-order valence-corrected chi connectivity index (χ3v) is 5.53. The van der Waals surface area contributed by atoms with Gasteiger partial charge in [0, 0.05) is 13.1 Å². The lowest BCUT2D eigenvalue weighted by molar-refractivity contribution is 0.0268. The lowest BCUT2D eigenvalue weighted by Gasteiger charge is -2.41. The Kier molecular flexibility index (Phi) is 5.67. The van der Waals surface area contributed by atoms with E-state index >= 15 is 0 Å². The minimum Gasteiger partial charge on any atom is -0.389 e. The lowest BCUT2D eigenvalue weighted by atomic mass is 9.75. The molecule has 19 heavy (non-hydrogen) atoms. The Hall–Kier alpha value is -0.120. The fourth-order valence-electron chi connectivity index (χ4n) is 3.93. The number of nitrogens with zero attached hydrogens (tertiary/aromatic N) is 1. The fourth-order valence-corrected chi connectivity index (χ4v) is 3.93. The predicted molar refractivity (Wildman–Crippen MR) is 80.0 cm³/mol. The molecule has 3 atom stereocenters. The molecule has 112 valence electrons. The summed E-state index contributed by atoms with van der Waals surface area (Å²) in [6, 6.07) is 0. The summed E-state index contributed by atoms with van der Waals surface area (Å²) >= 11 is 0. The Morgan fingerprint density at radius 2 is 1.95 bits per heavy atom. The van der Waals surface area contributed by atoms with Crippen molar-refractivity contribution in [3.63, 3.8) is 0 Å². The van der Waals surface area contributed by atoms with Crippen LogP contribution in [0.2, 0.25) is 0 Å². The summed E-state index contributed by atoms with van der Waals surface area (Å²) < 4.78 is 0. The summed E-state index contributed by atoms with van der Waals surface area (Å²) in [6.45, 7) is 6.15. The monoisotopic (exact) mass is 268 g/mol. The van der Waals surface area contributed by atoms with Crippen LogP contribution < -0.4 is 5.73 Å². The highest BCUT2D eigenvalue weighted by atomic mass is 16.3.